The number of rotatable bonds is 2. The highest BCUT2D eigenvalue weighted by Crippen LogP contribution is 2.26. The first-order valence-electron chi connectivity index (χ1n) is 6.04. The van der Waals surface area contributed by atoms with Crippen molar-refractivity contribution in [1.82, 2.24) is 5.32 Å². The number of aryl methyl sites for hydroxylation is 1. The SMILES string of the molecule is Cc1cccc(C(=O)NC2(C)CCS(=O)(=O)C2)c1O. The quantitative estimate of drug-likeness (QED) is 0.848. The van der Waals surface area contributed by atoms with Crippen molar-refractivity contribution in [2.45, 2.75) is 25.8 Å². The number of sulfone groups is 1. The number of nitrogens with one attached hydrogen (secondary N) is 1. The van der Waals surface area contributed by atoms with Crippen LogP contribution < -0.4 is 5.32 Å². The maximum atomic E-state index is 12.1. The van der Waals surface area contributed by atoms with E-state index in [0.717, 1.165) is 0 Å². The Balaban J connectivity index is 2.21. The third-order valence-corrected chi connectivity index (χ3v) is 5.30. The van der Waals surface area contributed by atoms with Crippen LogP contribution >= 0.6 is 0 Å². The van der Waals surface area contributed by atoms with Gasteiger partial charge in [-0.05, 0) is 31.9 Å². The van der Waals surface area contributed by atoms with Crippen molar-refractivity contribution >= 4 is 15.7 Å². The molecule has 0 aliphatic carbocycles. The molecule has 1 unspecified atom stereocenters. The highest BCUT2D eigenvalue weighted by molar-refractivity contribution is 7.91. The number of phenols is 1. The van der Waals surface area contributed by atoms with Gasteiger partial charge in [0.25, 0.3) is 5.91 Å². The van der Waals surface area contributed by atoms with Gasteiger partial charge < -0.3 is 10.4 Å². The molecular weight excluding hydrogens is 266 g/mol. The molecule has 0 radical (unpaired) electrons. The lowest BCUT2D eigenvalue weighted by molar-refractivity contribution is 0.0912. The fraction of sp³-hybridized carbons (Fsp3) is 0.462. The van der Waals surface area contributed by atoms with Gasteiger partial charge in [-0.15, -0.1) is 0 Å². The van der Waals surface area contributed by atoms with Crippen LogP contribution in [0.25, 0.3) is 0 Å². The molecule has 1 aromatic carbocycles. The summed E-state index contributed by atoms with van der Waals surface area (Å²) >= 11 is 0. The van der Waals surface area contributed by atoms with E-state index in [2.05, 4.69) is 5.32 Å². The summed E-state index contributed by atoms with van der Waals surface area (Å²) in [5.74, 6) is -0.479. The summed E-state index contributed by atoms with van der Waals surface area (Å²) in [6, 6.07) is 4.90. The first kappa shape index (κ1) is 13.9. The topological polar surface area (TPSA) is 83.5 Å². The van der Waals surface area contributed by atoms with Crippen LogP contribution in [0.3, 0.4) is 0 Å². The zero-order valence-corrected chi connectivity index (χ0v) is 11.8. The van der Waals surface area contributed by atoms with Gasteiger partial charge in [-0.25, -0.2) is 8.42 Å². The van der Waals surface area contributed by atoms with E-state index in [1.165, 1.54) is 6.07 Å². The summed E-state index contributed by atoms with van der Waals surface area (Å²) < 4.78 is 23.0. The molecule has 1 aliphatic heterocycles. The molecule has 0 aromatic heterocycles. The van der Waals surface area contributed by atoms with Crippen LogP contribution in [-0.2, 0) is 9.84 Å². The number of phenolic OH excluding ortho intramolecular Hbond substituents is 1. The third-order valence-electron chi connectivity index (χ3n) is 3.40. The minimum atomic E-state index is -3.08. The minimum absolute atomic E-state index is 0.0572. The zero-order valence-electron chi connectivity index (χ0n) is 10.9. The van der Waals surface area contributed by atoms with Crippen molar-refractivity contribution in [2.75, 3.05) is 11.5 Å². The largest absolute Gasteiger partial charge is 0.507 e. The molecule has 1 aliphatic rings. The summed E-state index contributed by atoms with van der Waals surface area (Å²) in [5, 5.41) is 12.6. The average Bonchev–Trinajstić information content (AvgIpc) is 2.56. The predicted octanol–water partition coefficient (Wildman–Crippen LogP) is 1.01. The standard InChI is InChI=1S/C13H17NO4S/c1-9-4-3-5-10(11(9)15)12(16)14-13(2)6-7-19(17,18)8-13/h3-5,15H,6-8H2,1-2H3,(H,14,16). The predicted molar refractivity (Wildman–Crippen MR) is 72.0 cm³/mol. The van der Waals surface area contributed by atoms with E-state index in [4.69, 9.17) is 0 Å². The Hall–Kier alpha value is -1.56. The molecule has 6 heteroatoms. The zero-order chi connectivity index (χ0) is 14.3. The first-order chi connectivity index (χ1) is 8.72. The summed E-state index contributed by atoms with van der Waals surface area (Å²) in [6.45, 7) is 3.41. The van der Waals surface area contributed by atoms with Crippen molar-refractivity contribution < 1.29 is 18.3 Å². The van der Waals surface area contributed by atoms with Crippen molar-refractivity contribution in [3.63, 3.8) is 0 Å². The van der Waals surface area contributed by atoms with Crippen LogP contribution in [0.5, 0.6) is 5.75 Å². The molecule has 1 aromatic rings. The molecule has 104 valence electrons. The van der Waals surface area contributed by atoms with Crippen LogP contribution in [0.2, 0.25) is 0 Å². The van der Waals surface area contributed by atoms with Gasteiger partial charge in [0.15, 0.2) is 9.84 Å². The molecule has 0 bridgehead atoms. The van der Waals surface area contributed by atoms with Crippen molar-refractivity contribution in [1.29, 1.82) is 0 Å². The van der Waals surface area contributed by atoms with E-state index in [9.17, 15) is 18.3 Å². The van der Waals surface area contributed by atoms with E-state index in [1.807, 2.05) is 0 Å². The molecule has 0 saturated carbocycles. The van der Waals surface area contributed by atoms with Crippen LogP contribution in [-0.4, -0.2) is 36.5 Å². The van der Waals surface area contributed by atoms with Gasteiger partial charge in [-0.1, -0.05) is 12.1 Å². The van der Waals surface area contributed by atoms with E-state index in [0.29, 0.717) is 12.0 Å². The second-order valence-corrected chi connectivity index (χ2v) is 7.51. The second kappa shape index (κ2) is 4.52. The molecule has 1 heterocycles. The van der Waals surface area contributed by atoms with Gasteiger partial charge in [0, 0.05) is 0 Å². The number of carbonyl (C=O) groups is 1. The van der Waals surface area contributed by atoms with E-state index < -0.39 is 21.3 Å². The average molecular weight is 283 g/mol. The highest BCUT2D eigenvalue weighted by Gasteiger charge is 2.39. The van der Waals surface area contributed by atoms with Crippen molar-refractivity contribution in [3.8, 4) is 5.75 Å². The third kappa shape index (κ3) is 2.89. The number of para-hydroxylation sites is 1. The molecule has 1 fully saturated rings. The van der Waals surface area contributed by atoms with Crippen LogP contribution in [0.15, 0.2) is 18.2 Å². The fourth-order valence-corrected chi connectivity index (χ4v) is 4.39. The second-order valence-electron chi connectivity index (χ2n) is 5.33. The van der Waals surface area contributed by atoms with Crippen molar-refractivity contribution in [3.05, 3.63) is 29.3 Å². The lowest BCUT2D eigenvalue weighted by Gasteiger charge is -2.24. The van der Waals surface area contributed by atoms with E-state index in [-0.39, 0.29) is 22.8 Å². The first-order valence-corrected chi connectivity index (χ1v) is 7.86. The fourth-order valence-electron chi connectivity index (χ4n) is 2.29. The lowest BCUT2D eigenvalue weighted by Crippen LogP contribution is -2.46. The number of hydrogen-bond acceptors (Lipinski definition) is 4. The molecule has 0 spiro atoms. The summed E-state index contributed by atoms with van der Waals surface area (Å²) in [4.78, 5) is 12.1. The molecule has 2 N–H and O–H groups in total. The van der Waals surface area contributed by atoms with E-state index >= 15 is 0 Å². The molecule has 2 rings (SSSR count). The van der Waals surface area contributed by atoms with Crippen molar-refractivity contribution in [2.24, 2.45) is 0 Å². The minimum Gasteiger partial charge on any atom is -0.507 e. The van der Waals surface area contributed by atoms with Crippen LogP contribution in [0.1, 0.15) is 29.3 Å². The Bertz CT molecular complexity index is 624. The number of aromatic hydroxyl groups is 1. The van der Waals surface area contributed by atoms with Gasteiger partial charge in [0.1, 0.15) is 5.75 Å². The van der Waals surface area contributed by atoms with Gasteiger partial charge in [-0.2, -0.15) is 0 Å². The maximum Gasteiger partial charge on any atom is 0.255 e. The van der Waals surface area contributed by atoms with Gasteiger partial charge in [0.2, 0.25) is 0 Å². The molecule has 1 amide bonds. The maximum absolute atomic E-state index is 12.1. The Morgan fingerprint density at radius 3 is 2.68 bits per heavy atom. The Labute approximate surface area is 112 Å². The van der Waals surface area contributed by atoms with Crippen LogP contribution in [0, 0.1) is 6.92 Å². The van der Waals surface area contributed by atoms with Gasteiger partial charge in [0.05, 0.1) is 22.6 Å². The number of carbonyl (C=O) groups excluding carboxylic acids is 1. The number of amides is 1. The summed E-state index contributed by atoms with van der Waals surface area (Å²) in [6.07, 6.45) is 0.396. The lowest BCUT2D eigenvalue weighted by atomic mass is 10.0. The van der Waals surface area contributed by atoms with Crippen LogP contribution in [0.4, 0.5) is 0 Å². The Morgan fingerprint density at radius 2 is 2.11 bits per heavy atom. The Morgan fingerprint density at radius 1 is 1.42 bits per heavy atom. The monoisotopic (exact) mass is 283 g/mol. The summed E-state index contributed by atoms with van der Waals surface area (Å²) in [7, 11) is -3.08. The van der Waals surface area contributed by atoms with Gasteiger partial charge >= 0.3 is 0 Å². The molecular formula is C13H17NO4S. The molecule has 5 nitrogen and oxygen atoms in total. The molecule has 1 atom stereocenters. The highest BCUT2D eigenvalue weighted by atomic mass is 32.2. The molecule has 19 heavy (non-hydrogen) atoms. The van der Waals surface area contributed by atoms with Gasteiger partial charge in [-0.3, -0.25) is 4.79 Å². The normalized spacial score (nSPS) is 25.2. The molecule has 1 saturated heterocycles. The number of hydrogen-bond donors (Lipinski definition) is 2. The Kier molecular flexibility index (Phi) is 3.30. The smallest absolute Gasteiger partial charge is 0.255 e. The van der Waals surface area contributed by atoms with E-state index in [1.54, 1.807) is 26.0 Å². The number of benzene rings is 1. The summed E-state index contributed by atoms with van der Waals surface area (Å²) in [5.41, 5.74) is 0.0221.